The molecule has 0 N–H and O–H groups in total. The molecule has 0 amide bonds. The number of hydrogen-bond donors (Lipinski definition) is 0. The zero-order valence-electron chi connectivity index (χ0n) is 8.94. The zero-order valence-corrected chi connectivity index (χ0v) is 8.94. The summed E-state index contributed by atoms with van der Waals surface area (Å²) in [5.74, 6) is -1.25. The summed E-state index contributed by atoms with van der Waals surface area (Å²) in [6, 6.07) is 9.11. The number of rotatable bonds is 4. The molecule has 2 nitrogen and oxygen atoms in total. The molecule has 0 aliphatic heterocycles. The van der Waals surface area contributed by atoms with E-state index < -0.39 is 18.1 Å². The van der Waals surface area contributed by atoms with Crippen molar-refractivity contribution in [2.75, 3.05) is 6.61 Å². The molecule has 0 aliphatic rings. The lowest BCUT2D eigenvalue weighted by Gasteiger charge is -2.15. The summed E-state index contributed by atoms with van der Waals surface area (Å²) in [5.41, 5.74) is 0.804. The van der Waals surface area contributed by atoms with Gasteiger partial charge in [0.25, 0.3) is 0 Å². The van der Waals surface area contributed by atoms with Gasteiger partial charge in [0.1, 0.15) is 0 Å². The van der Waals surface area contributed by atoms with Gasteiger partial charge in [0.05, 0.1) is 6.61 Å². The third-order valence-corrected chi connectivity index (χ3v) is 2.28. The number of benzene rings is 1. The first kappa shape index (κ1) is 11.7. The average Bonchev–Trinajstić information content (AvgIpc) is 2.28. The van der Waals surface area contributed by atoms with Crippen LogP contribution in [0.5, 0.6) is 0 Å². The predicted octanol–water partition coefficient (Wildman–Crippen LogP) is 2.69. The number of alkyl halides is 1. The van der Waals surface area contributed by atoms with E-state index in [1.165, 1.54) is 0 Å². The third kappa shape index (κ3) is 3.05. The Kier molecular flexibility index (Phi) is 4.28. The van der Waals surface area contributed by atoms with E-state index in [-0.39, 0.29) is 6.61 Å². The van der Waals surface area contributed by atoms with E-state index in [0.717, 1.165) is 5.56 Å². The van der Waals surface area contributed by atoms with Gasteiger partial charge < -0.3 is 4.74 Å². The first-order valence-corrected chi connectivity index (χ1v) is 5.02. The van der Waals surface area contributed by atoms with Crippen LogP contribution in [0.2, 0.25) is 0 Å². The van der Waals surface area contributed by atoms with E-state index in [2.05, 4.69) is 4.74 Å². The molecule has 1 aromatic carbocycles. The van der Waals surface area contributed by atoms with Crippen molar-refractivity contribution in [3.63, 3.8) is 0 Å². The summed E-state index contributed by atoms with van der Waals surface area (Å²) < 4.78 is 18.2. The Hall–Kier alpha value is -1.38. The maximum Gasteiger partial charge on any atom is 0.341 e. The molecule has 1 aromatic rings. The van der Waals surface area contributed by atoms with E-state index in [9.17, 15) is 9.18 Å². The fourth-order valence-corrected chi connectivity index (χ4v) is 1.35. The quantitative estimate of drug-likeness (QED) is 0.714. The molecule has 0 aromatic heterocycles. The standard InChI is InChI=1S/C12H15FO2/c1-3-15-12(14)11(13)9(2)10-7-5-4-6-8-10/h4-9,11H,3H2,1-2H3/t9-,11-/m1/s1. The van der Waals surface area contributed by atoms with Crippen molar-refractivity contribution < 1.29 is 13.9 Å². The van der Waals surface area contributed by atoms with E-state index in [4.69, 9.17) is 0 Å². The fourth-order valence-electron chi connectivity index (χ4n) is 1.35. The summed E-state index contributed by atoms with van der Waals surface area (Å²) in [6.07, 6.45) is -1.59. The highest BCUT2D eigenvalue weighted by Crippen LogP contribution is 2.22. The van der Waals surface area contributed by atoms with Crippen LogP contribution < -0.4 is 0 Å². The first-order chi connectivity index (χ1) is 7.16. The van der Waals surface area contributed by atoms with Crippen molar-refractivity contribution >= 4 is 5.97 Å². The Morgan fingerprint density at radius 3 is 2.53 bits per heavy atom. The Balaban J connectivity index is 2.68. The minimum absolute atomic E-state index is 0.209. The van der Waals surface area contributed by atoms with E-state index in [1.54, 1.807) is 26.0 Å². The normalized spacial score (nSPS) is 14.3. The van der Waals surface area contributed by atoms with Crippen molar-refractivity contribution in [2.45, 2.75) is 25.9 Å². The smallest absolute Gasteiger partial charge is 0.341 e. The maximum absolute atomic E-state index is 13.6. The zero-order chi connectivity index (χ0) is 11.3. The molecule has 82 valence electrons. The van der Waals surface area contributed by atoms with Crippen molar-refractivity contribution in [3.05, 3.63) is 35.9 Å². The molecule has 3 heteroatoms. The van der Waals surface area contributed by atoms with Crippen LogP contribution in [0.3, 0.4) is 0 Å². The van der Waals surface area contributed by atoms with Crippen molar-refractivity contribution in [1.29, 1.82) is 0 Å². The third-order valence-electron chi connectivity index (χ3n) is 2.28. The van der Waals surface area contributed by atoms with Crippen LogP contribution in [0.4, 0.5) is 4.39 Å². The van der Waals surface area contributed by atoms with Crippen molar-refractivity contribution in [3.8, 4) is 0 Å². The second-order valence-electron chi connectivity index (χ2n) is 3.35. The minimum Gasteiger partial charge on any atom is -0.464 e. The van der Waals surface area contributed by atoms with Crippen LogP contribution in [0.25, 0.3) is 0 Å². The van der Waals surface area contributed by atoms with Gasteiger partial charge in [-0.3, -0.25) is 0 Å². The number of esters is 1. The Bertz CT molecular complexity index is 311. The highest BCUT2D eigenvalue weighted by atomic mass is 19.1. The lowest BCUT2D eigenvalue weighted by Crippen LogP contribution is -2.24. The van der Waals surface area contributed by atoms with Crippen LogP contribution in [-0.2, 0) is 9.53 Å². The molecular formula is C12H15FO2. The molecule has 0 saturated carbocycles. The fraction of sp³-hybridized carbons (Fsp3) is 0.417. The molecule has 2 atom stereocenters. The molecule has 0 fully saturated rings. The second kappa shape index (κ2) is 5.49. The molecule has 0 heterocycles. The Morgan fingerprint density at radius 1 is 1.40 bits per heavy atom. The van der Waals surface area contributed by atoms with Crippen molar-refractivity contribution in [2.24, 2.45) is 0 Å². The number of ether oxygens (including phenoxy) is 1. The predicted molar refractivity (Wildman–Crippen MR) is 56.4 cm³/mol. The van der Waals surface area contributed by atoms with Gasteiger partial charge in [-0.05, 0) is 12.5 Å². The van der Waals surface area contributed by atoms with Gasteiger partial charge in [-0.25, -0.2) is 9.18 Å². The lowest BCUT2D eigenvalue weighted by atomic mass is 9.96. The van der Waals surface area contributed by atoms with Crippen LogP contribution >= 0.6 is 0 Å². The molecule has 15 heavy (non-hydrogen) atoms. The topological polar surface area (TPSA) is 26.3 Å². The lowest BCUT2D eigenvalue weighted by molar-refractivity contribution is -0.149. The van der Waals surface area contributed by atoms with Crippen molar-refractivity contribution in [1.82, 2.24) is 0 Å². The summed E-state index contributed by atoms with van der Waals surface area (Å²) in [4.78, 5) is 11.2. The van der Waals surface area contributed by atoms with E-state index in [1.807, 2.05) is 18.2 Å². The highest BCUT2D eigenvalue weighted by Gasteiger charge is 2.26. The Morgan fingerprint density at radius 2 is 2.00 bits per heavy atom. The van der Waals surface area contributed by atoms with Crippen LogP contribution in [0, 0.1) is 0 Å². The van der Waals surface area contributed by atoms with Gasteiger partial charge in [0.15, 0.2) is 0 Å². The molecule has 0 saturated heterocycles. The van der Waals surface area contributed by atoms with Gasteiger partial charge in [-0.15, -0.1) is 0 Å². The Labute approximate surface area is 89.1 Å². The minimum atomic E-state index is -1.59. The highest BCUT2D eigenvalue weighted by molar-refractivity contribution is 5.75. The number of carbonyl (C=O) groups excluding carboxylic acids is 1. The molecular weight excluding hydrogens is 195 g/mol. The van der Waals surface area contributed by atoms with Gasteiger partial charge >= 0.3 is 5.97 Å². The monoisotopic (exact) mass is 210 g/mol. The molecule has 0 spiro atoms. The SMILES string of the molecule is CCOC(=O)[C@H](F)[C@H](C)c1ccccc1. The van der Waals surface area contributed by atoms with Gasteiger partial charge in [0.2, 0.25) is 6.17 Å². The molecule has 0 unspecified atom stereocenters. The molecule has 0 bridgehead atoms. The summed E-state index contributed by atoms with van der Waals surface area (Å²) in [6.45, 7) is 3.55. The first-order valence-electron chi connectivity index (χ1n) is 5.02. The van der Waals surface area contributed by atoms with Crippen LogP contribution in [0.15, 0.2) is 30.3 Å². The van der Waals surface area contributed by atoms with E-state index >= 15 is 0 Å². The summed E-state index contributed by atoms with van der Waals surface area (Å²) in [5, 5.41) is 0. The number of hydrogen-bond acceptors (Lipinski definition) is 2. The van der Waals surface area contributed by atoms with Gasteiger partial charge in [-0.2, -0.15) is 0 Å². The van der Waals surface area contributed by atoms with Gasteiger partial charge in [-0.1, -0.05) is 37.3 Å². The largest absolute Gasteiger partial charge is 0.464 e. The summed E-state index contributed by atoms with van der Waals surface area (Å²) in [7, 11) is 0. The average molecular weight is 210 g/mol. The molecule has 1 rings (SSSR count). The van der Waals surface area contributed by atoms with Crippen LogP contribution in [-0.4, -0.2) is 18.7 Å². The molecule has 0 radical (unpaired) electrons. The summed E-state index contributed by atoms with van der Waals surface area (Å²) >= 11 is 0. The maximum atomic E-state index is 13.6. The number of halogens is 1. The molecule has 0 aliphatic carbocycles. The van der Waals surface area contributed by atoms with E-state index in [0.29, 0.717) is 0 Å². The number of carbonyl (C=O) groups is 1. The van der Waals surface area contributed by atoms with Gasteiger partial charge in [0, 0.05) is 5.92 Å². The van der Waals surface area contributed by atoms with Crippen LogP contribution in [0.1, 0.15) is 25.3 Å². The second-order valence-corrected chi connectivity index (χ2v) is 3.35.